The lowest BCUT2D eigenvalue weighted by Gasteiger charge is -2.20. The highest BCUT2D eigenvalue weighted by Gasteiger charge is 2.39. The Morgan fingerprint density at radius 1 is 1.50 bits per heavy atom. The van der Waals surface area contributed by atoms with E-state index in [4.69, 9.17) is 5.11 Å². The third-order valence-electron chi connectivity index (χ3n) is 2.59. The quantitative estimate of drug-likeness (QED) is 0.786. The van der Waals surface area contributed by atoms with Crippen molar-refractivity contribution in [3.8, 4) is 0 Å². The summed E-state index contributed by atoms with van der Waals surface area (Å²) in [5.74, 6) is -1.40. The van der Waals surface area contributed by atoms with Gasteiger partial charge in [0.05, 0.1) is 11.7 Å². The second-order valence-corrected chi connectivity index (χ2v) is 4.49. The molecule has 0 unspecified atom stereocenters. The van der Waals surface area contributed by atoms with Gasteiger partial charge in [-0.2, -0.15) is 11.3 Å². The fourth-order valence-electron chi connectivity index (χ4n) is 1.82. The highest BCUT2D eigenvalue weighted by Crippen LogP contribution is 2.21. The molecule has 2 heterocycles. The molecule has 0 radical (unpaired) electrons. The van der Waals surface area contributed by atoms with Crippen molar-refractivity contribution in [1.29, 1.82) is 0 Å². The number of hydrogen-bond donors (Lipinski definition) is 2. The molecule has 1 saturated heterocycles. The van der Waals surface area contributed by atoms with E-state index in [2.05, 4.69) is 0 Å². The van der Waals surface area contributed by atoms with Gasteiger partial charge in [-0.3, -0.25) is 4.79 Å². The Morgan fingerprint density at radius 2 is 2.25 bits per heavy atom. The zero-order chi connectivity index (χ0) is 11.7. The van der Waals surface area contributed by atoms with Crippen LogP contribution in [-0.4, -0.2) is 45.7 Å². The summed E-state index contributed by atoms with van der Waals surface area (Å²) in [7, 11) is 0. The number of carbonyl (C=O) groups is 2. The molecule has 2 atom stereocenters. The van der Waals surface area contributed by atoms with Gasteiger partial charge in [-0.25, -0.2) is 4.79 Å². The van der Waals surface area contributed by atoms with E-state index in [0.717, 1.165) is 0 Å². The first kappa shape index (κ1) is 11.1. The van der Waals surface area contributed by atoms with Crippen LogP contribution >= 0.6 is 11.3 Å². The van der Waals surface area contributed by atoms with E-state index in [0.29, 0.717) is 5.56 Å². The fourth-order valence-corrected chi connectivity index (χ4v) is 2.45. The van der Waals surface area contributed by atoms with Gasteiger partial charge in [-0.15, -0.1) is 0 Å². The first-order valence-corrected chi connectivity index (χ1v) is 5.78. The number of carboxylic acids is 1. The number of aliphatic carboxylic acids is 1. The van der Waals surface area contributed by atoms with Crippen molar-refractivity contribution in [2.24, 2.45) is 0 Å². The van der Waals surface area contributed by atoms with Gasteiger partial charge in [0.1, 0.15) is 6.04 Å². The van der Waals surface area contributed by atoms with E-state index in [1.165, 1.54) is 16.2 Å². The van der Waals surface area contributed by atoms with Gasteiger partial charge >= 0.3 is 5.97 Å². The van der Waals surface area contributed by atoms with Crippen molar-refractivity contribution in [3.63, 3.8) is 0 Å². The molecule has 1 fully saturated rings. The average Bonchev–Trinajstić information content (AvgIpc) is 2.84. The maximum atomic E-state index is 11.9. The molecular weight excluding hydrogens is 230 g/mol. The van der Waals surface area contributed by atoms with Gasteiger partial charge in [0, 0.05) is 18.3 Å². The second kappa shape index (κ2) is 4.23. The minimum atomic E-state index is -1.07. The number of aliphatic hydroxyl groups is 1. The van der Waals surface area contributed by atoms with E-state index in [1.807, 2.05) is 0 Å². The van der Waals surface area contributed by atoms with Crippen LogP contribution in [0.15, 0.2) is 16.8 Å². The minimum absolute atomic E-state index is 0.0889. The summed E-state index contributed by atoms with van der Waals surface area (Å²) in [4.78, 5) is 24.1. The molecule has 5 nitrogen and oxygen atoms in total. The van der Waals surface area contributed by atoms with Crippen LogP contribution in [0.2, 0.25) is 0 Å². The van der Waals surface area contributed by atoms with E-state index >= 15 is 0 Å². The number of carbonyl (C=O) groups excluding carboxylic acids is 1. The lowest BCUT2D eigenvalue weighted by molar-refractivity contribution is -0.141. The van der Waals surface area contributed by atoms with E-state index in [9.17, 15) is 14.7 Å². The fraction of sp³-hybridized carbons (Fsp3) is 0.400. The Labute approximate surface area is 95.9 Å². The van der Waals surface area contributed by atoms with Crippen LogP contribution in [0.4, 0.5) is 0 Å². The SMILES string of the molecule is O=C(O)[C@@H]1C[C@@H](O)CN1C(=O)c1ccsc1. The lowest BCUT2D eigenvalue weighted by atomic mass is 10.2. The van der Waals surface area contributed by atoms with Crippen molar-refractivity contribution >= 4 is 23.2 Å². The molecule has 0 bridgehead atoms. The molecule has 0 spiro atoms. The Bertz CT molecular complexity index is 403. The van der Waals surface area contributed by atoms with Crippen LogP contribution < -0.4 is 0 Å². The molecule has 1 amide bonds. The highest BCUT2D eigenvalue weighted by molar-refractivity contribution is 7.08. The molecule has 1 aliphatic heterocycles. The van der Waals surface area contributed by atoms with Crippen LogP contribution in [-0.2, 0) is 4.79 Å². The van der Waals surface area contributed by atoms with Gasteiger partial charge in [0.2, 0.25) is 0 Å². The second-order valence-electron chi connectivity index (χ2n) is 3.71. The third kappa shape index (κ3) is 1.94. The van der Waals surface area contributed by atoms with Crippen LogP contribution in [0.1, 0.15) is 16.8 Å². The van der Waals surface area contributed by atoms with Crippen molar-refractivity contribution in [2.45, 2.75) is 18.6 Å². The molecule has 0 aromatic carbocycles. The maximum Gasteiger partial charge on any atom is 0.326 e. The summed E-state index contributed by atoms with van der Waals surface area (Å²) in [5.41, 5.74) is 0.477. The molecule has 2 N–H and O–H groups in total. The summed E-state index contributed by atoms with van der Waals surface area (Å²) in [6, 6.07) is 0.735. The van der Waals surface area contributed by atoms with E-state index < -0.39 is 18.1 Å². The van der Waals surface area contributed by atoms with Gasteiger partial charge < -0.3 is 15.1 Å². The predicted octanol–water partition coefficient (Wildman–Crippen LogP) is 0.408. The predicted molar refractivity (Wildman–Crippen MR) is 57.4 cm³/mol. The number of rotatable bonds is 2. The summed E-state index contributed by atoms with van der Waals surface area (Å²) in [6.45, 7) is 0.0889. The molecular formula is C10H11NO4S. The Morgan fingerprint density at radius 3 is 2.81 bits per heavy atom. The summed E-state index contributed by atoms with van der Waals surface area (Å²) in [5, 5.41) is 21.8. The van der Waals surface area contributed by atoms with Crippen molar-refractivity contribution < 1.29 is 19.8 Å². The Hall–Kier alpha value is -1.40. The molecule has 0 saturated carbocycles. The summed E-state index contributed by atoms with van der Waals surface area (Å²) >= 11 is 1.38. The van der Waals surface area contributed by atoms with Crippen molar-refractivity contribution in [3.05, 3.63) is 22.4 Å². The van der Waals surface area contributed by atoms with Gasteiger partial charge in [0.25, 0.3) is 5.91 Å². The first-order chi connectivity index (χ1) is 7.59. The number of nitrogens with zero attached hydrogens (tertiary/aromatic N) is 1. The highest BCUT2D eigenvalue weighted by atomic mass is 32.1. The van der Waals surface area contributed by atoms with Gasteiger partial charge in [-0.05, 0) is 11.4 Å². The minimum Gasteiger partial charge on any atom is -0.480 e. The smallest absolute Gasteiger partial charge is 0.326 e. The van der Waals surface area contributed by atoms with Crippen LogP contribution in [0, 0.1) is 0 Å². The molecule has 6 heteroatoms. The number of β-amino-alcohol motifs (C(OH)–C–C–N with tert-alkyl or cyclic N) is 1. The summed E-state index contributed by atoms with van der Waals surface area (Å²) in [6.07, 6.45) is -0.644. The monoisotopic (exact) mass is 241 g/mol. The normalized spacial score (nSPS) is 24.7. The van der Waals surface area contributed by atoms with Crippen LogP contribution in [0.25, 0.3) is 0 Å². The number of thiophene rings is 1. The molecule has 86 valence electrons. The number of hydrogen-bond acceptors (Lipinski definition) is 4. The molecule has 2 rings (SSSR count). The number of aliphatic hydroxyl groups excluding tert-OH is 1. The molecule has 0 aliphatic carbocycles. The van der Waals surface area contributed by atoms with Crippen LogP contribution in [0.3, 0.4) is 0 Å². The van der Waals surface area contributed by atoms with Gasteiger partial charge in [-0.1, -0.05) is 0 Å². The summed E-state index contributed by atoms with van der Waals surface area (Å²) < 4.78 is 0. The molecule has 16 heavy (non-hydrogen) atoms. The zero-order valence-corrected chi connectivity index (χ0v) is 9.18. The third-order valence-corrected chi connectivity index (χ3v) is 3.28. The number of amides is 1. The molecule has 1 aromatic heterocycles. The van der Waals surface area contributed by atoms with E-state index in [-0.39, 0.29) is 18.9 Å². The average molecular weight is 241 g/mol. The topological polar surface area (TPSA) is 77.8 Å². The van der Waals surface area contributed by atoms with Crippen molar-refractivity contribution in [1.82, 2.24) is 4.90 Å². The first-order valence-electron chi connectivity index (χ1n) is 4.83. The zero-order valence-electron chi connectivity index (χ0n) is 8.37. The van der Waals surface area contributed by atoms with E-state index in [1.54, 1.807) is 16.8 Å². The largest absolute Gasteiger partial charge is 0.480 e. The van der Waals surface area contributed by atoms with Gasteiger partial charge in [0.15, 0.2) is 0 Å². The van der Waals surface area contributed by atoms with Crippen molar-refractivity contribution in [2.75, 3.05) is 6.54 Å². The lowest BCUT2D eigenvalue weighted by Crippen LogP contribution is -2.40. The Kier molecular flexibility index (Phi) is 2.93. The number of likely N-dealkylation sites (tertiary alicyclic amines) is 1. The van der Waals surface area contributed by atoms with Crippen LogP contribution in [0.5, 0.6) is 0 Å². The number of carboxylic acid groups (broad SMARTS) is 1. The standard InChI is InChI=1S/C10H11NO4S/c12-7-3-8(10(14)15)11(4-7)9(13)6-1-2-16-5-6/h1-2,5,7-8,12H,3-4H2,(H,14,15)/t7-,8+/m1/s1. The Balaban J connectivity index is 2.20. The molecule has 1 aromatic rings. The molecule has 1 aliphatic rings. The maximum absolute atomic E-state index is 11.9.